The Hall–Kier alpha value is -1.80. The number of nitrogens with zero attached hydrogens (tertiary/aromatic N) is 1. The fourth-order valence-electron chi connectivity index (χ4n) is 2.20. The first-order chi connectivity index (χ1) is 9.28. The molecule has 1 unspecified atom stereocenters. The van der Waals surface area contributed by atoms with Gasteiger partial charge in [-0.1, -0.05) is 43.3 Å². The highest BCUT2D eigenvalue weighted by molar-refractivity contribution is 6.22. The van der Waals surface area contributed by atoms with E-state index in [1.807, 2.05) is 36.4 Å². The van der Waals surface area contributed by atoms with Crippen molar-refractivity contribution in [1.29, 1.82) is 0 Å². The summed E-state index contributed by atoms with van der Waals surface area (Å²) in [6, 6.07) is 16.3. The van der Waals surface area contributed by atoms with E-state index in [-0.39, 0.29) is 5.38 Å². The Morgan fingerprint density at radius 2 is 1.95 bits per heavy atom. The lowest BCUT2D eigenvalue weighted by molar-refractivity contribution is 1.00. The van der Waals surface area contributed by atoms with Gasteiger partial charge in [0.1, 0.15) is 11.2 Å². The molecule has 96 valence electrons. The minimum atomic E-state index is -0.237. The highest BCUT2D eigenvalue weighted by atomic mass is 35.5. The molecule has 0 aliphatic carbocycles. The van der Waals surface area contributed by atoms with E-state index in [1.54, 1.807) is 0 Å². The Bertz CT molecular complexity index is 688. The van der Waals surface area contributed by atoms with Crippen LogP contribution in [0.4, 0.5) is 0 Å². The smallest absolute Gasteiger partial charge is 0.129 e. The number of aryl methyl sites for hydroxylation is 1. The first-order valence-corrected chi connectivity index (χ1v) is 6.89. The first kappa shape index (κ1) is 12.2. The van der Waals surface area contributed by atoms with Crippen molar-refractivity contribution in [3.05, 3.63) is 65.5 Å². The lowest BCUT2D eigenvalue weighted by Crippen LogP contribution is -1.94. The van der Waals surface area contributed by atoms with Gasteiger partial charge in [-0.15, -0.1) is 11.6 Å². The summed E-state index contributed by atoms with van der Waals surface area (Å²) in [4.78, 5) is 7.90. The van der Waals surface area contributed by atoms with Crippen LogP contribution in [0.3, 0.4) is 0 Å². The molecule has 0 saturated heterocycles. The van der Waals surface area contributed by atoms with Crippen LogP contribution in [0.2, 0.25) is 0 Å². The molecule has 0 aliphatic heterocycles. The molecule has 19 heavy (non-hydrogen) atoms. The number of halogens is 1. The predicted octanol–water partition coefficient (Wildman–Crippen LogP) is 4.45. The minimum absolute atomic E-state index is 0.237. The number of H-pyrrole nitrogens is 1. The molecule has 0 aliphatic rings. The lowest BCUT2D eigenvalue weighted by atomic mass is 10.1. The largest absolute Gasteiger partial charge is 0.340 e. The summed E-state index contributed by atoms with van der Waals surface area (Å²) in [6.45, 7) is 2.15. The van der Waals surface area contributed by atoms with Crippen molar-refractivity contribution in [3.63, 3.8) is 0 Å². The Kier molecular flexibility index (Phi) is 3.26. The van der Waals surface area contributed by atoms with Crippen LogP contribution in [0.5, 0.6) is 0 Å². The molecule has 3 heteroatoms. The number of nitrogens with one attached hydrogen (secondary N) is 1. The van der Waals surface area contributed by atoms with Gasteiger partial charge >= 0.3 is 0 Å². The molecule has 0 fully saturated rings. The summed E-state index contributed by atoms with van der Waals surface area (Å²) < 4.78 is 0. The molecule has 1 heterocycles. The number of hydrogen-bond donors (Lipinski definition) is 1. The molecule has 3 rings (SSSR count). The maximum absolute atomic E-state index is 6.48. The quantitative estimate of drug-likeness (QED) is 0.700. The third-order valence-corrected chi connectivity index (χ3v) is 3.76. The molecule has 0 spiro atoms. The Morgan fingerprint density at radius 3 is 2.68 bits per heavy atom. The highest BCUT2D eigenvalue weighted by Crippen LogP contribution is 2.28. The number of aromatic amines is 1. The van der Waals surface area contributed by atoms with Crippen molar-refractivity contribution >= 4 is 22.6 Å². The summed E-state index contributed by atoms with van der Waals surface area (Å²) in [6.07, 6.45) is 1.02. The summed E-state index contributed by atoms with van der Waals surface area (Å²) in [5, 5.41) is -0.237. The van der Waals surface area contributed by atoms with E-state index in [0.717, 1.165) is 28.8 Å². The SMILES string of the molecule is CCc1ccc2nc(C(Cl)c3ccccc3)[nH]c2c1. The van der Waals surface area contributed by atoms with Crippen LogP contribution in [0, 0.1) is 0 Å². The molecule has 1 atom stereocenters. The van der Waals surface area contributed by atoms with Crippen LogP contribution >= 0.6 is 11.6 Å². The summed E-state index contributed by atoms with van der Waals surface area (Å²) >= 11 is 6.48. The van der Waals surface area contributed by atoms with Crippen molar-refractivity contribution < 1.29 is 0 Å². The van der Waals surface area contributed by atoms with Crippen LogP contribution < -0.4 is 0 Å². The van der Waals surface area contributed by atoms with Gasteiger partial charge in [0.25, 0.3) is 0 Å². The standard InChI is InChI=1S/C16H15ClN2/c1-2-11-8-9-13-14(10-11)19-16(18-13)15(17)12-6-4-3-5-7-12/h3-10,15H,2H2,1H3,(H,18,19). The van der Waals surface area contributed by atoms with Crippen LogP contribution in [0.15, 0.2) is 48.5 Å². The van der Waals surface area contributed by atoms with E-state index >= 15 is 0 Å². The van der Waals surface area contributed by atoms with Gasteiger partial charge in [-0.2, -0.15) is 0 Å². The number of imidazole rings is 1. The van der Waals surface area contributed by atoms with E-state index in [9.17, 15) is 0 Å². The molecule has 0 saturated carbocycles. The van der Waals surface area contributed by atoms with E-state index in [2.05, 4.69) is 29.0 Å². The Morgan fingerprint density at radius 1 is 1.16 bits per heavy atom. The third kappa shape index (κ3) is 2.36. The second kappa shape index (κ2) is 5.06. The molecule has 0 bridgehead atoms. The normalized spacial score (nSPS) is 12.7. The molecule has 0 radical (unpaired) electrons. The Balaban J connectivity index is 2.01. The first-order valence-electron chi connectivity index (χ1n) is 6.45. The molecule has 1 N–H and O–H groups in total. The molecule has 3 aromatic rings. The van der Waals surface area contributed by atoms with Gasteiger partial charge in [-0.3, -0.25) is 0 Å². The van der Waals surface area contributed by atoms with Crippen molar-refractivity contribution in [2.45, 2.75) is 18.7 Å². The molecule has 1 aromatic heterocycles. The van der Waals surface area contributed by atoms with E-state index in [0.29, 0.717) is 0 Å². The topological polar surface area (TPSA) is 28.7 Å². The fourth-order valence-corrected chi connectivity index (χ4v) is 2.45. The third-order valence-electron chi connectivity index (χ3n) is 3.31. The van der Waals surface area contributed by atoms with E-state index in [1.165, 1.54) is 5.56 Å². The average Bonchev–Trinajstić information content (AvgIpc) is 2.90. The number of rotatable bonds is 3. The molecule has 2 nitrogen and oxygen atoms in total. The summed E-state index contributed by atoms with van der Waals surface area (Å²) in [5.41, 5.74) is 4.37. The second-order valence-electron chi connectivity index (χ2n) is 4.60. The van der Waals surface area contributed by atoms with Crippen molar-refractivity contribution in [1.82, 2.24) is 9.97 Å². The van der Waals surface area contributed by atoms with Crippen LogP contribution in [-0.2, 0) is 6.42 Å². The molecule has 0 amide bonds. The van der Waals surface area contributed by atoms with Crippen LogP contribution in [0.1, 0.15) is 29.3 Å². The summed E-state index contributed by atoms with van der Waals surface area (Å²) in [5.74, 6) is 0.802. The summed E-state index contributed by atoms with van der Waals surface area (Å²) in [7, 11) is 0. The van der Waals surface area contributed by atoms with Crippen molar-refractivity contribution in [2.24, 2.45) is 0 Å². The van der Waals surface area contributed by atoms with Crippen molar-refractivity contribution in [3.8, 4) is 0 Å². The van der Waals surface area contributed by atoms with Crippen molar-refractivity contribution in [2.75, 3.05) is 0 Å². The zero-order valence-corrected chi connectivity index (χ0v) is 11.5. The minimum Gasteiger partial charge on any atom is -0.340 e. The molecular weight excluding hydrogens is 256 g/mol. The number of aromatic nitrogens is 2. The lowest BCUT2D eigenvalue weighted by Gasteiger charge is -2.05. The monoisotopic (exact) mass is 270 g/mol. The average molecular weight is 271 g/mol. The molecule has 2 aromatic carbocycles. The fraction of sp³-hybridized carbons (Fsp3) is 0.188. The number of alkyl halides is 1. The van der Waals surface area contributed by atoms with Gasteiger partial charge < -0.3 is 4.98 Å². The van der Waals surface area contributed by atoms with Gasteiger partial charge in [0.05, 0.1) is 11.0 Å². The van der Waals surface area contributed by atoms with Gasteiger partial charge in [0, 0.05) is 0 Å². The molecular formula is C16H15ClN2. The van der Waals surface area contributed by atoms with E-state index in [4.69, 9.17) is 11.6 Å². The van der Waals surface area contributed by atoms with Gasteiger partial charge in [0.15, 0.2) is 0 Å². The van der Waals surface area contributed by atoms with Gasteiger partial charge in [-0.05, 0) is 29.7 Å². The van der Waals surface area contributed by atoms with Gasteiger partial charge in [0.2, 0.25) is 0 Å². The predicted molar refractivity (Wildman–Crippen MR) is 79.6 cm³/mol. The second-order valence-corrected chi connectivity index (χ2v) is 5.04. The highest BCUT2D eigenvalue weighted by Gasteiger charge is 2.14. The Labute approximate surface area is 117 Å². The number of benzene rings is 2. The number of hydrogen-bond acceptors (Lipinski definition) is 1. The van der Waals surface area contributed by atoms with Crippen LogP contribution in [-0.4, -0.2) is 9.97 Å². The van der Waals surface area contributed by atoms with Gasteiger partial charge in [-0.25, -0.2) is 4.98 Å². The maximum atomic E-state index is 6.48. The number of fused-ring (bicyclic) bond motifs is 1. The van der Waals surface area contributed by atoms with E-state index < -0.39 is 0 Å². The zero-order chi connectivity index (χ0) is 13.2. The zero-order valence-electron chi connectivity index (χ0n) is 10.7. The van der Waals surface area contributed by atoms with Crippen LogP contribution in [0.25, 0.3) is 11.0 Å². The maximum Gasteiger partial charge on any atom is 0.129 e.